The van der Waals surface area contributed by atoms with Gasteiger partial charge >= 0.3 is 0 Å². The summed E-state index contributed by atoms with van der Waals surface area (Å²) in [7, 11) is 0. The first kappa shape index (κ1) is 16.8. The van der Waals surface area contributed by atoms with Crippen molar-refractivity contribution in [3.8, 4) is 0 Å². The first-order valence-electron chi connectivity index (χ1n) is 8.46. The lowest BCUT2D eigenvalue weighted by atomic mass is 10.1. The van der Waals surface area contributed by atoms with E-state index in [9.17, 15) is 4.79 Å². The van der Waals surface area contributed by atoms with Crippen LogP contribution in [0.2, 0.25) is 5.02 Å². The predicted molar refractivity (Wildman–Crippen MR) is 99.7 cm³/mol. The van der Waals surface area contributed by atoms with E-state index in [-0.39, 0.29) is 5.91 Å². The maximum Gasteiger partial charge on any atom is 0.223 e. The second-order valence-electron chi connectivity index (χ2n) is 6.29. The van der Waals surface area contributed by atoms with Crippen LogP contribution in [0.5, 0.6) is 0 Å². The third-order valence-corrected chi connectivity index (χ3v) is 5.03. The van der Waals surface area contributed by atoms with Crippen molar-refractivity contribution in [3.63, 3.8) is 0 Å². The Morgan fingerprint density at radius 3 is 2.42 bits per heavy atom. The van der Waals surface area contributed by atoms with Crippen molar-refractivity contribution in [1.29, 1.82) is 0 Å². The largest absolute Gasteiger partial charge is 0.368 e. The third kappa shape index (κ3) is 4.09. The average molecular weight is 343 g/mol. The molecule has 24 heavy (non-hydrogen) atoms. The standard InChI is InChI=1S/C20H23ClN2O/c1-16-7-9-18(15-19(16)21)22-11-13-23(14-12-22)20(24)10-8-17-5-3-2-4-6-17/h2-7,9,15H,8,10-14H2,1H3. The van der Waals surface area contributed by atoms with Gasteiger partial charge in [-0.2, -0.15) is 0 Å². The van der Waals surface area contributed by atoms with E-state index < -0.39 is 0 Å². The molecule has 1 amide bonds. The number of hydrogen-bond acceptors (Lipinski definition) is 2. The van der Waals surface area contributed by atoms with Crippen molar-refractivity contribution in [1.82, 2.24) is 4.90 Å². The summed E-state index contributed by atoms with van der Waals surface area (Å²) in [5.74, 6) is 0.250. The SMILES string of the molecule is Cc1ccc(N2CCN(C(=O)CCc3ccccc3)CC2)cc1Cl. The molecule has 2 aromatic rings. The minimum absolute atomic E-state index is 0.250. The second kappa shape index (κ2) is 7.71. The number of piperazine rings is 1. The molecule has 1 saturated heterocycles. The van der Waals surface area contributed by atoms with Crippen LogP contribution in [0.15, 0.2) is 48.5 Å². The highest BCUT2D eigenvalue weighted by molar-refractivity contribution is 6.31. The molecule has 0 atom stereocenters. The number of amides is 1. The van der Waals surface area contributed by atoms with Crippen molar-refractivity contribution < 1.29 is 4.79 Å². The van der Waals surface area contributed by atoms with E-state index in [1.165, 1.54) is 5.56 Å². The molecular formula is C20H23ClN2O. The number of nitrogens with zero attached hydrogens (tertiary/aromatic N) is 2. The normalized spacial score (nSPS) is 14.8. The minimum Gasteiger partial charge on any atom is -0.368 e. The molecule has 3 rings (SSSR count). The lowest BCUT2D eigenvalue weighted by Gasteiger charge is -2.36. The van der Waals surface area contributed by atoms with Crippen LogP contribution in [0.25, 0.3) is 0 Å². The molecular weight excluding hydrogens is 320 g/mol. The molecule has 0 radical (unpaired) electrons. The fraction of sp³-hybridized carbons (Fsp3) is 0.350. The fourth-order valence-electron chi connectivity index (χ4n) is 3.05. The highest BCUT2D eigenvalue weighted by Gasteiger charge is 2.21. The number of carbonyl (C=O) groups is 1. The van der Waals surface area contributed by atoms with Crippen molar-refractivity contribution in [3.05, 3.63) is 64.7 Å². The van der Waals surface area contributed by atoms with Gasteiger partial charge in [-0.3, -0.25) is 4.79 Å². The molecule has 0 unspecified atom stereocenters. The van der Waals surface area contributed by atoms with Crippen molar-refractivity contribution in [2.24, 2.45) is 0 Å². The molecule has 0 spiro atoms. The highest BCUT2D eigenvalue weighted by atomic mass is 35.5. The van der Waals surface area contributed by atoms with Crippen LogP contribution in [-0.4, -0.2) is 37.0 Å². The number of aryl methyl sites for hydroxylation is 2. The van der Waals surface area contributed by atoms with Crippen LogP contribution in [0.3, 0.4) is 0 Å². The summed E-state index contributed by atoms with van der Waals surface area (Å²) in [6.07, 6.45) is 1.40. The molecule has 0 N–H and O–H groups in total. The second-order valence-corrected chi connectivity index (χ2v) is 6.69. The van der Waals surface area contributed by atoms with E-state index in [1.54, 1.807) is 0 Å². The summed E-state index contributed by atoms with van der Waals surface area (Å²) >= 11 is 6.22. The summed E-state index contributed by atoms with van der Waals surface area (Å²) in [4.78, 5) is 16.7. The van der Waals surface area contributed by atoms with E-state index in [2.05, 4.69) is 29.2 Å². The van der Waals surface area contributed by atoms with Gasteiger partial charge in [0.25, 0.3) is 0 Å². The van der Waals surface area contributed by atoms with Crippen LogP contribution in [0.4, 0.5) is 5.69 Å². The zero-order chi connectivity index (χ0) is 16.9. The predicted octanol–water partition coefficient (Wildman–Crippen LogP) is 3.93. The van der Waals surface area contributed by atoms with Gasteiger partial charge in [-0.1, -0.05) is 48.0 Å². The Morgan fingerprint density at radius 1 is 1.04 bits per heavy atom. The van der Waals surface area contributed by atoms with Gasteiger partial charge < -0.3 is 9.80 Å². The quantitative estimate of drug-likeness (QED) is 0.840. The summed E-state index contributed by atoms with van der Waals surface area (Å²) in [6, 6.07) is 16.4. The molecule has 1 aliphatic rings. The number of rotatable bonds is 4. The van der Waals surface area contributed by atoms with Gasteiger partial charge in [0.2, 0.25) is 5.91 Å². The minimum atomic E-state index is 0.250. The Labute approximate surface area is 148 Å². The smallest absolute Gasteiger partial charge is 0.223 e. The fourth-order valence-corrected chi connectivity index (χ4v) is 3.22. The number of carbonyl (C=O) groups excluding carboxylic acids is 1. The summed E-state index contributed by atoms with van der Waals surface area (Å²) in [5.41, 5.74) is 3.45. The van der Waals surface area contributed by atoms with E-state index in [0.29, 0.717) is 6.42 Å². The molecule has 3 nitrogen and oxygen atoms in total. The van der Waals surface area contributed by atoms with Gasteiger partial charge in [-0.05, 0) is 36.6 Å². The summed E-state index contributed by atoms with van der Waals surface area (Å²) < 4.78 is 0. The Kier molecular flexibility index (Phi) is 5.41. The Hall–Kier alpha value is -2.00. The molecule has 0 aromatic heterocycles. The topological polar surface area (TPSA) is 23.6 Å². The van der Waals surface area contributed by atoms with Gasteiger partial charge in [0.15, 0.2) is 0 Å². The number of hydrogen-bond donors (Lipinski definition) is 0. The van der Waals surface area contributed by atoms with Gasteiger partial charge in [-0.15, -0.1) is 0 Å². The molecule has 0 saturated carbocycles. The van der Waals surface area contributed by atoms with Crippen LogP contribution in [0, 0.1) is 6.92 Å². The maximum atomic E-state index is 12.4. The van der Waals surface area contributed by atoms with E-state index in [0.717, 1.165) is 48.9 Å². The van der Waals surface area contributed by atoms with Crippen molar-refractivity contribution in [2.75, 3.05) is 31.1 Å². The van der Waals surface area contributed by atoms with Crippen molar-refractivity contribution >= 4 is 23.2 Å². The highest BCUT2D eigenvalue weighted by Crippen LogP contribution is 2.24. The summed E-state index contributed by atoms with van der Waals surface area (Å²) in [6.45, 7) is 5.28. The zero-order valence-corrected chi connectivity index (χ0v) is 14.8. The van der Waals surface area contributed by atoms with Crippen molar-refractivity contribution in [2.45, 2.75) is 19.8 Å². The van der Waals surface area contributed by atoms with E-state index in [1.807, 2.05) is 36.1 Å². The lowest BCUT2D eigenvalue weighted by molar-refractivity contribution is -0.131. The van der Waals surface area contributed by atoms with Gasteiger partial charge in [0.05, 0.1) is 0 Å². The number of halogens is 1. The van der Waals surface area contributed by atoms with E-state index >= 15 is 0 Å². The first-order chi connectivity index (χ1) is 11.6. The maximum absolute atomic E-state index is 12.4. The van der Waals surface area contributed by atoms with E-state index in [4.69, 9.17) is 11.6 Å². The van der Waals surface area contributed by atoms with Crippen LogP contribution < -0.4 is 4.90 Å². The molecule has 126 valence electrons. The zero-order valence-electron chi connectivity index (χ0n) is 14.0. The Balaban J connectivity index is 1.51. The molecule has 1 aliphatic heterocycles. The van der Waals surface area contributed by atoms with Crippen LogP contribution in [0.1, 0.15) is 17.5 Å². The number of anilines is 1. The Bertz CT molecular complexity index is 694. The monoisotopic (exact) mass is 342 g/mol. The number of benzene rings is 2. The average Bonchev–Trinajstić information content (AvgIpc) is 2.63. The van der Waals surface area contributed by atoms with Gasteiger partial charge in [0.1, 0.15) is 0 Å². The third-order valence-electron chi connectivity index (χ3n) is 4.62. The van der Waals surface area contributed by atoms with Gasteiger partial charge in [-0.25, -0.2) is 0 Å². The lowest BCUT2D eigenvalue weighted by Crippen LogP contribution is -2.48. The molecule has 4 heteroatoms. The van der Waals surface area contributed by atoms with Gasteiger partial charge in [0, 0.05) is 43.3 Å². The summed E-state index contributed by atoms with van der Waals surface area (Å²) in [5, 5.41) is 0.800. The molecule has 2 aromatic carbocycles. The van der Waals surface area contributed by atoms with Crippen LogP contribution in [-0.2, 0) is 11.2 Å². The molecule has 1 heterocycles. The molecule has 0 aliphatic carbocycles. The Morgan fingerprint density at radius 2 is 1.75 bits per heavy atom. The molecule has 1 fully saturated rings. The van der Waals surface area contributed by atoms with Crippen LogP contribution >= 0.6 is 11.6 Å². The first-order valence-corrected chi connectivity index (χ1v) is 8.84. The molecule has 0 bridgehead atoms.